The van der Waals surface area contributed by atoms with Crippen LogP contribution in [-0.4, -0.2) is 11.8 Å². The third kappa shape index (κ3) is 3.85. The Labute approximate surface area is 143 Å². The summed E-state index contributed by atoms with van der Waals surface area (Å²) in [6.45, 7) is 0. The number of benzene rings is 2. The number of carbonyl (C=O) groups is 2. The van der Waals surface area contributed by atoms with E-state index in [-0.39, 0.29) is 29.4 Å². The van der Waals surface area contributed by atoms with Crippen LogP contribution in [0.3, 0.4) is 0 Å². The van der Waals surface area contributed by atoms with Crippen molar-refractivity contribution in [3.63, 3.8) is 0 Å². The van der Waals surface area contributed by atoms with Crippen molar-refractivity contribution in [1.29, 1.82) is 0 Å². The summed E-state index contributed by atoms with van der Waals surface area (Å²) < 4.78 is 18.8. The summed E-state index contributed by atoms with van der Waals surface area (Å²) in [7, 11) is 0. The van der Waals surface area contributed by atoms with E-state index >= 15 is 0 Å². The molecule has 0 unspecified atom stereocenters. The first kappa shape index (κ1) is 16.7. The molecule has 2 amide bonds. The van der Waals surface area contributed by atoms with E-state index in [2.05, 4.69) is 5.32 Å². The first-order chi connectivity index (χ1) is 12.0. The topological polar surface area (TPSA) is 85.3 Å². The molecule has 128 valence electrons. The van der Waals surface area contributed by atoms with Crippen LogP contribution in [0.5, 0.6) is 0 Å². The highest BCUT2D eigenvalue weighted by Crippen LogP contribution is 2.31. The van der Waals surface area contributed by atoms with Gasteiger partial charge in [0.15, 0.2) is 0 Å². The summed E-state index contributed by atoms with van der Waals surface area (Å²) in [5.41, 5.74) is 6.84. The smallest absolute Gasteiger partial charge is 0.286 e. The van der Waals surface area contributed by atoms with Crippen LogP contribution in [0.15, 0.2) is 52.9 Å². The number of furan rings is 1. The fourth-order valence-electron chi connectivity index (χ4n) is 2.67. The molecule has 6 heteroatoms. The summed E-state index contributed by atoms with van der Waals surface area (Å²) >= 11 is 0. The van der Waals surface area contributed by atoms with Gasteiger partial charge in [0.25, 0.3) is 5.91 Å². The van der Waals surface area contributed by atoms with Crippen LogP contribution in [0.2, 0.25) is 0 Å². The molecular weight excluding hydrogens is 323 g/mol. The minimum atomic E-state index is -0.823. The Balaban J connectivity index is 1.73. The number of halogens is 1. The van der Waals surface area contributed by atoms with Gasteiger partial charge in [0.2, 0.25) is 11.7 Å². The number of nitrogens with two attached hydrogens (primary N) is 1. The highest BCUT2D eigenvalue weighted by atomic mass is 19.1. The van der Waals surface area contributed by atoms with Crippen LogP contribution >= 0.6 is 0 Å². The Kier molecular flexibility index (Phi) is 4.79. The van der Waals surface area contributed by atoms with Crippen LogP contribution < -0.4 is 11.1 Å². The molecule has 0 atom stereocenters. The molecule has 0 fully saturated rings. The van der Waals surface area contributed by atoms with Gasteiger partial charge < -0.3 is 15.5 Å². The van der Waals surface area contributed by atoms with E-state index in [9.17, 15) is 14.0 Å². The van der Waals surface area contributed by atoms with E-state index in [4.69, 9.17) is 10.2 Å². The van der Waals surface area contributed by atoms with Gasteiger partial charge in [-0.2, -0.15) is 0 Å². The number of fused-ring (bicyclic) bond motifs is 1. The third-order valence-corrected chi connectivity index (χ3v) is 3.85. The first-order valence-electron chi connectivity index (χ1n) is 7.90. The highest BCUT2D eigenvalue weighted by molar-refractivity contribution is 6.10. The molecule has 3 aromatic rings. The molecule has 0 aliphatic carbocycles. The van der Waals surface area contributed by atoms with Crippen LogP contribution in [0.4, 0.5) is 10.1 Å². The summed E-state index contributed by atoms with van der Waals surface area (Å²) in [4.78, 5) is 23.7. The number of amides is 2. The number of carbonyl (C=O) groups excluding carboxylic acids is 2. The molecule has 0 saturated carbocycles. The molecule has 0 bridgehead atoms. The molecule has 1 heterocycles. The Morgan fingerprint density at radius 3 is 2.60 bits per heavy atom. The van der Waals surface area contributed by atoms with Gasteiger partial charge in [0.1, 0.15) is 17.1 Å². The molecule has 5 nitrogen and oxygen atoms in total. The lowest BCUT2D eigenvalue weighted by atomic mass is 10.1. The maximum absolute atomic E-state index is 13.5. The van der Waals surface area contributed by atoms with E-state index in [1.54, 1.807) is 0 Å². The Morgan fingerprint density at radius 1 is 1.12 bits per heavy atom. The van der Waals surface area contributed by atoms with Crippen molar-refractivity contribution in [1.82, 2.24) is 0 Å². The van der Waals surface area contributed by atoms with Crippen molar-refractivity contribution in [2.75, 3.05) is 5.32 Å². The summed E-state index contributed by atoms with van der Waals surface area (Å²) in [5, 5.41) is 2.94. The van der Waals surface area contributed by atoms with Crippen LogP contribution in [0.25, 0.3) is 11.0 Å². The zero-order chi connectivity index (χ0) is 17.8. The van der Waals surface area contributed by atoms with E-state index in [0.29, 0.717) is 11.8 Å². The van der Waals surface area contributed by atoms with Crippen LogP contribution in [0, 0.1) is 5.82 Å². The average Bonchev–Trinajstić information content (AvgIpc) is 2.94. The molecule has 3 N–H and O–H groups in total. The monoisotopic (exact) mass is 340 g/mol. The van der Waals surface area contributed by atoms with E-state index in [1.807, 2.05) is 30.3 Å². The molecule has 3 rings (SSSR count). The molecule has 0 saturated heterocycles. The van der Waals surface area contributed by atoms with Crippen molar-refractivity contribution < 1.29 is 18.4 Å². The second kappa shape index (κ2) is 7.17. The van der Waals surface area contributed by atoms with Gasteiger partial charge in [0.05, 0.1) is 0 Å². The largest absolute Gasteiger partial charge is 0.449 e. The lowest BCUT2D eigenvalue weighted by molar-refractivity contribution is -0.116. The van der Waals surface area contributed by atoms with Crippen molar-refractivity contribution in [3.8, 4) is 0 Å². The lowest BCUT2D eigenvalue weighted by Gasteiger charge is -2.05. The Morgan fingerprint density at radius 2 is 1.88 bits per heavy atom. The van der Waals surface area contributed by atoms with Crippen molar-refractivity contribution >= 4 is 28.5 Å². The SMILES string of the molecule is NC(=O)c1oc2ccc(F)cc2c1NC(=O)CCCc1ccccc1. The van der Waals surface area contributed by atoms with Gasteiger partial charge in [-0.25, -0.2) is 4.39 Å². The quantitative estimate of drug-likeness (QED) is 0.718. The molecular formula is C19H17FN2O3. The lowest BCUT2D eigenvalue weighted by Crippen LogP contribution is -2.17. The summed E-state index contributed by atoms with van der Waals surface area (Å²) in [6, 6.07) is 13.6. The van der Waals surface area contributed by atoms with Crippen molar-refractivity contribution in [3.05, 3.63) is 65.7 Å². The van der Waals surface area contributed by atoms with E-state index in [0.717, 1.165) is 12.0 Å². The van der Waals surface area contributed by atoms with Gasteiger partial charge >= 0.3 is 0 Å². The molecule has 1 aromatic heterocycles. The van der Waals surface area contributed by atoms with Crippen LogP contribution in [-0.2, 0) is 11.2 Å². The number of primary amides is 1. The predicted octanol–water partition coefficient (Wildman–Crippen LogP) is 3.63. The van der Waals surface area contributed by atoms with Crippen LogP contribution in [0.1, 0.15) is 29.0 Å². The Hall–Kier alpha value is -3.15. The number of hydrogen-bond acceptors (Lipinski definition) is 3. The van der Waals surface area contributed by atoms with Gasteiger partial charge in [-0.3, -0.25) is 9.59 Å². The second-order valence-corrected chi connectivity index (χ2v) is 5.70. The molecule has 0 aliphatic heterocycles. The molecule has 25 heavy (non-hydrogen) atoms. The average molecular weight is 340 g/mol. The summed E-state index contributed by atoms with van der Waals surface area (Å²) in [5.74, 6) is -1.79. The van der Waals surface area contributed by atoms with Crippen molar-refractivity contribution in [2.24, 2.45) is 5.73 Å². The number of rotatable bonds is 6. The zero-order valence-corrected chi connectivity index (χ0v) is 13.4. The fourth-order valence-corrected chi connectivity index (χ4v) is 2.67. The number of aryl methyl sites for hydroxylation is 1. The standard InChI is InChI=1S/C19H17FN2O3/c20-13-9-10-15-14(11-13)17(18(25-15)19(21)24)22-16(23)8-4-7-12-5-2-1-3-6-12/h1-3,5-6,9-11H,4,7-8H2,(H2,21,24)(H,22,23). The maximum atomic E-state index is 13.5. The normalized spacial score (nSPS) is 10.8. The third-order valence-electron chi connectivity index (χ3n) is 3.85. The molecule has 0 spiro atoms. The fraction of sp³-hybridized carbons (Fsp3) is 0.158. The summed E-state index contributed by atoms with van der Waals surface area (Å²) in [6.07, 6.45) is 1.67. The van der Waals surface area contributed by atoms with Gasteiger partial charge in [-0.05, 0) is 36.6 Å². The maximum Gasteiger partial charge on any atom is 0.286 e. The Bertz CT molecular complexity index is 919. The molecule has 0 aliphatic rings. The molecule has 2 aromatic carbocycles. The van der Waals surface area contributed by atoms with E-state index < -0.39 is 11.7 Å². The highest BCUT2D eigenvalue weighted by Gasteiger charge is 2.20. The van der Waals surface area contributed by atoms with Gasteiger partial charge in [0, 0.05) is 11.8 Å². The number of nitrogens with one attached hydrogen (secondary N) is 1. The zero-order valence-electron chi connectivity index (χ0n) is 13.4. The first-order valence-corrected chi connectivity index (χ1v) is 7.90. The van der Waals surface area contributed by atoms with Gasteiger partial charge in [-0.1, -0.05) is 30.3 Å². The predicted molar refractivity (Wildman–Crippen MR) is 92.7 cm³/mol. The molecule has 0 radical (unpaired) electrons. The van der Waals surface area contributed by atoms with Crippen molar-refractivity contribution in [2.45, 2.75) is 19.3 Å². The minimum absolute atomic E-state index is 0.117. The number of anilines is 1. The minimum Gasteiger partial charge on any atom is -0.449 e. The van der Waals surface area contributed by atoms with Gasteiger partial charge in [-0.15, -0.1) is 0 Å². The van der Waals surface area contributed by atoms with E-state index in [1.165, 1.54) is 18.2 Å². The number of hydrogen-bond donors (Lipinski definition) is 2. The second-order valence-electron chi connectivity index (χ2n) is 5.70.